The van der Waals surface area contributed by atoms with Crippen molar-refractivity contribution in [2.24, 2.45) is 4.99 Å². The number of nitrogens with zero attached hydrogens (tertiary/aromatic N) is 1. The molecule has 0 saturated heterocycles. The topological polar surface area (TPSA) is 47.9 Å². The number of aliphatic imine (C=N–C) groups is 1. The van der Waals surface area contributed by atoms with Gasteiger partial charge in [-0.1, -0.05) is 19.8 Å². The zero-order valence-corrected chi connectivity index (χ0v) is 11.0. The van der Waals surface area contributed by atoms with E-state index in [1.54, 1.807) is 20.3 Å². The van der Waals surface area contributed by atoms with E-state index in [0.29, 0.717) is 12.1 Å². The van der Waals surface area contributed by atoms with Crippen molar-refractivity contribution in [3.8, 4) is 0 Å². The summed E-state index contributed by atoms with van der Waals surface area (Å²) in [6.07, 6.45) is 5.76. The van der Waals surface area contributed by atoms with Crippen molar-refractivity contribution in [1.29, 1.82) is 0 Å². The first-order chi connectivity index (χ1) is 7.29. The Labute approximate surface area is 93.5 Å². The van der Waals surface area contributed by atoms with Gasteiger partial charge in [-0.2, -0.15) is 0 Å². The van der Waals surface area contributed by atoms with Gasteiger partial charge in [-0.15, -0.1) is 0 Å². The van der Waals surface area contributed by atoms with Gasteiger partial charge in [-0.25, -0.2) is 9.79 Å². The molecule has 0 amide bonds. The number of carbonyl (C=O) groups excluding carboxylic acids is 1. The fourth-order valence-electron chi connectivity index (χ4n) is 1.66. The van der Waals surface area contributed by atoms with Crippen LogP contribution < -0.4 is 0 Å². The molecule has 0 fully saturated rings. The van der Waals surface area contributed by atoms with Crippen LogP contribution in [0, 0.1) is 0 Å². The summed E-state index contributed by atoms with van der Waals surface area (Å²) >= 11 is 0. The lowest BCUT2D eigenvalue weighted by Gasteiger charge is -2.20. The minimum Gasteiger partial charge on any atom is -0.400 e. The van der Waals surface area contributed by atoms with Gasteiger partial charge >= 0.3 is 9.28 Å². The quantitative estimate of drug-likeness (QED) is 0.263. The molecular formula is C10H21NO3Si. The van der Waals surface area contributed by atoms with Crippen molar-refractivity contribution < 1.29 is 13.6 Å². The molecule has 0 saturated carbocycles. The van der Waals surface area contributed by atoms with Crippen molar-refractivity contribution in [3.05, 3.63) is 0 Å². The van der Waals surface area contributed by atoms with E-state index in [0.717, 1.165) is 25.7 Å². The zero-order chi connectivity index (χ0) is 11.5. The third kappa shape index (κ3) is 6.57. The Morgan fingerprint density at radius 2 is 2.00 bits per heavy atom. The van der Waals surface area contributed by atoms with Crippen molar-refractivity contribution in [2.75, 3.05) is 20.8 Å². The maximum absolute atomic E-state index is 9.83. The lowest BCUT2D eigenvalue weighted by Crippen LogP contribution is -2.26. The number of unbranched alkanes of at least 4 members (excludes halogenated alkanes) is 1. The highest BCUT2D eigenvalue weighted by atomic mass is 28.3. The summed E-state index contributed by atoms with van der Waals surface area (Å²) in [5.74, 6) is 0. The van der Waals surface area contributed by atoms with Gasteiger partial charge in [0, 0.05) is 14.2 Å². The van der Waals surface area contributed by atoms with Gasteiger partial charge in [0.25, 0.3) is 0 Å². The van der Waals surface area contributed by atoms with E-state index < -0.39 is 9.28 Å². The Kier molecular flexibility index (Phi) is 9.73. The molecule has 0 aliphatic heterocycles. The lowest BCUT2D eigenvalue weighted by molar-refractivity contribution is 0.260. The van der Waals surface area contributed by atoms with Crippen LogP contribution in [0.2, 0.25) is 5.54 Å². The molecular weight excluding hydrogens is 210 g/mol. The van der Waals surface area contributed by atoms with Crippen LogP contribution in [0.5, 0.6) is 0 Å². The fourth-order valence-corrected chi connectivity index (χ4v) is 3.51. The van der Waals surface area contributed by atoms with E-state index in [2.05, 4.69) is 11.9 Å². The SMILES string of the molecule is CCC(CCCCN=C=O)[SiH](OC)OC. The summed E-state index contributed by atoms with van der Waals surface area (Å²) in [6, 6.07) is 0. The number of hydrogen-bond donors (Lipinski definition) is 0. The predicted molar refractivity (Wildman–Crippen MR) is 62.0 cm³/mol. The maximum Gasteiger partial charge on any atom is 0.324 e. The molecule has 0 N–H and O–H groups in total. The first-order valence-electron chi connectivity index (χ1n) is 5.39. The second kappa shape index (κ2) is 10.0. The minimum absolute atomic E-state index is 0.556. The molecule has 0 rings (SSSR count). The molecule has 0 heterocycles. The third-order valence-corrected chi connectivity index (χ3v) is 5.04. The Morgan fingerprint density at radius 3 is 2.47 bits per heavy atom. The second-order valence-electron chi connectivity index (χ2n) is 3.48. The standard InChI is InChI=1S/C10H21NO3Si/c1-4-10(15(13-2)14-3)7-5-6-8-11-9-12/h10,15H,4-8H2,1-3H3. The maximum atomic E-state index is 9.83. The van der Waals surface area contributed by atoms with Crippen LogP contribution in [-0.4, -0.2) is 36.1 Å². The largest absolute Gasteiger partial charge is 0.400 e. The molecule has 0 aliphatic rings. The number of isocyanates is 1. The Bertz CT molecular complexity index is 191. The van der Waals surface area contributed by atoms with Gasteiger partial charge in [0.15, 0.2) is 0 Å². The smallest absolute Gasteiger partial charge is 0.324 e. The van der Waals surface area contributed by atoms with Gasteiger partial charge in [-0.05, 0) is 18.4 Å². The van der Waals surface area contributed by atoms with Crippen molar-refractivity contribution in [1.82, 2.24) is 0 Å². The van der Waals surface area contributed by atoms with Gasteiger partial charge < -0.3 is 8.85 Å². The second-order valence-corrected chi connectivity index (χ2v) is 6.10. The van der Waals surface area contributed by atoms with Crippen LogP contribution >= 0.6 is 0 Å². The van der Waals surface area contributed by atoms with E-state index in [9.17, 15) is 4.79 Å². The molecule has 88 valence electrons. The molecule has 0 bridgehead atoms. The van der Waals surface area contributed by atoms with E-state index in [1.165, 1.54) is 0 Å². The summed E-state index contributed by atoms with van der Waals surface area (Å²) in [6.45, 7) is 2.75. The molecule has 0 radical (unpaired) electrons. The molecule has 1 atom stereocenters. The molecule has 5 heteroatoms. The fraction of sp³-hybridized carbons (Fsp3) is 0.900. The lowest BCUT2D eigenvalue weighted by atomic mass is 10.1. The molecule has 0 aromatic heterocycles. The highest BCUT2D eigenvalue weighted by Gasteiger charge is 2.21. The van der Waals surface area contributed by atoms with Crippen LogP contribution in [-0.2, 0) is 13.6 Å². The Hall–Kier alpha value is -0.483. The highest BCUT2D eigenvalue weighted by molar-refractivity contribution is 6.46. The zero-order valence-electron chi connectivity index (χ0n) is 9.86. The normalized spacial score (nSPS) is 12.5. The van der Waals surface area contributed by atoms with Gasteiger partial charge in [0.2, 0.25) is 6.08 Å². The van der Waals surface area contributed by atoms with E-state index in [1.807, 2.05) is 0 Å². The molecule has 4 nitrogen and oxygen atoms in total. The molecule has 0 aromatic carbocycles. The average molecular weight is 231 g/mol. The van der Waals surface area contributed by atoms with E-state index >= 15 is 0 Å². The molecule has 0 aliphatic carbocycles. The van der Waals surface area contributed by atoms with Crippen LogP contribution in [0.25, 0.3) is 0 Å². The molecule has 0 aromatic rings. The predicted octanol–water partition coefficient (Wildman–Crippen LogP) is 1.79. The van der Waals surface area contributed by atoms with E-state index in [4.69, 9.17) is 8.85 Å². The molecule has 1 unspecified atom stereocenters. The Balaban J connectivity index is 3.73. The van der Waals surface area contributed by atoms with Crippen molar-refractivity contribution in [3.63, 3.8) is 0 Å². The van der Waals surface area contributed by atoms with E-state index in [-0.39, 0.29) is 0 Å². The number of rotatable bonds is 9. The van der Waals surface area contributed by atoms with Crippen LogP contribution in [0.1, 0.15) is 32.6 Å². The molecule has 15 heavy (non-hydrogen) atoms. The summed E-state index contributed by atoms with van der Waals surface area (Å²) < 4.78 is 10.7. The summed E-state index contributed by atoms with van der Waals surface area (Å²) in [7, 11) is 1.97. The first-order valence-corrected chi connectivity index (χ1v) is 7.00. The summed E-state index contributed by atoms with van der Waals surface area (Å²) in [4.78, 5) is 13.4. The average Bonchev–Trinajstić information content (AvgIpc) is 2.27. The van der Waals surface area contributed by atoms with Crippen molar-refractivity contribution >= 4 is 15.4 Å². The van der Waals surface area contributed by atoms with Gasteiger partial charge in [-0.3, -0.25) is 0 Å². The minimum atomic E-state index is -1.47. The third-order valence-electron chi connectivity index (χ3n) is 2.53. The van der Waals surface area contributed by atoms with Gasteiger partial charge in [0.1, 0.15) is 0 Å². The van der Waals surface area contributed by atoms with Gasteiger partial charge in [0.05, 0.1) is 6.54 Å². The molecule has 0 spiro atoms. The summed E-state index contributed by atoms with van der Waals surface area (Å²) in [5, 5.41) is 0. The monoisotopic (exact) mass is 231 g/mol. The summed E-state index contributed by atoms with van der Waals surface area (Å²) in [5.41, 5.74) is 0.556. The number of hydrogen-bond acceptors (Lipinski definition) is 4. The van der Waals surface area contributed by atoms with Crippen molar-refractivity contribution in [2.45, 2.75) is 38.1 Å². The highest BCUT2D eigenvalue weighted by Crippen LogP contribution is 2.23. The Morgan fingerprint density at radius 1 is 1.33 bits per heavy atom. The van der Waals surface area contributed by atoms with Crippen LogP contribution in [0.4, 0.5) is 0 Å². The first kappa shape index (κ1) is 14.5. The van der Waals surface area contributed by atoms with Crippen LogP contribution in [0.15, 0.2) is 4.99 Å². The van der Waals surface area contributed by atoms with Crippen LogP contribution in [0.3, 0.4) is 0 Å².